The van der Waals surface area contributed by atoms with E-state index in [1.165, 1.54) is 11.3 Å². The number of nitrogens with zero attached hydrogens (tertiary/aromatic N) is 3. The Kier molecular flexibility index (Phi) is 4.59. The maximum absolute atomic E-state index is 11.8. The van der Waals surface area contributed by atoms with Crippen LogP contribution in [0.15, 0.2) is 18.2 Å². The minimum Gasteiger partial charge on any atom is -0.464 e. The van der Waals surface area contributed by atoms with Crippen LogP contribution in [0.25, 0.3) is 5.65 Å². The number of halogens is 1. The van der Waals surface area contributed by atoms with Gasteiger partial charge in [-0.3, -0.25) is 9.72 Å². The van der Waals surface area contributed by atoms with Crippen LogP contribution in [0.5, 0.6) is 0 Å². The van der Waals surface area contributed by atoms with Crippen molar-refractivity contribution < 1.29 is 14.3 Å². The monoisotopic (exact) mass is 311 g/mol. The van der Waals surface area contributed by atoms with Crippen molar-refractivity contribution in [3.8, 4) is 0 Å². The fourth-order valence-corrected chi connectivity index (χ4v) is 1.88. The lowest BCUT2D eigenvalue weighted by atomic mass is 10.3. The van der Waals surface area contributed by atoms with Crippen molar-refractivity contribution in [1.29, 1.82) is 0 Å². The van der Waals surface area contributed by atoms with Gasteiger partial charge in [-0.05, 0) is 26.0 Å². The normalized spacial score (nSPS) is 12.0. The van der Waals surface area contributed by atoms with Gasteiger partial charge < -0.3 is 10.1 Å². The highest BCUT2D eigenvalue weighted by Gasteiger charge is 2.18. The molecule has 0 bridgehead atoms. The Hall–Kier alpha value is -2.35. The highest BCUT2D eigenvalue weighted by Crippen LogP contribution is 2.16. The highest BCUT2D eigenvalue weighted by atomic mass is 35.5. The molecule has 2 heterocycles. The van der Waals surface area contributed by atoms with Gasteiger partial charge >= 0.3 is 12.0 Å². The summed E-state index contributed by atoms with van der Waals surface area (Å²) < 4.78 is 6.26. The van der Waals surface area contributed by atoms with Gasteiger partial charge in [0, 0.05) is 0 Å². The van der Waals surface area contributed by atoms with Gasteiger partial charge in [-0.15, -0.1) is 10.2 Å². The number of fused-ring (bicyclic) bond motifs is 1. The van der Waals surface area contributed by atoms with E-state index in [-0.39, 0.29) is 12.6 Å². The quantitative estimate of drug-likeness (QED) is 0.658. The number of pyridine rings is 1. The molecular weight excluding hydrogens is 298 g/mol. The van der Waals surface area contributed by atoms with Crippen molar-refractivity contribution in [2.24, 2.45) is 0 Å². The van der Waals surface area contributed by atoms with Crippen LogP contribution in [0.3, 0.4) is 0 Å². The molecule has 21 heavy (non-hydrogen) atoms. The van der Waals surface area contributed by atoms with Crippen molar-refractivity contribution in [1.82, 2.24) is 19.9 Å². The zero-order chi connectivity index (χ0) is 15.4. The lowest BCUT2D eigenvalue weighted by Crippen LogP contribution is -2.42. The Balaban J connectivity index is 2.07. The molecule has 1 atom stereocenters. The molecule has 2 amide bonds. The van der Waals surface area contributed by atoms with Crippen molar-refractivity contribution in [2.45, 2.75) is 19.9 Å². The van der Waals surface area contributed by atoms with Crippen LogP contribution in [-0.4, -0.2) is 39.2 Å². The van der Waals surface area contributed by atoms with Crippen LogP contribution < -0.4 is 10.6 Å². The van der Waals surface area contributed by atoms with E-state index in [2.05, 4.69) is 20.8 Å². The first-order valence-electron chi connectivity index (χ1n) is 6.26. The van der Waals surface area contributed by atoms with Gasteiger partial charge in [-0.1, -0.05) is 17.7 Å². The molecule has 0 fully saturated rings. The Morgan fingerprint density at radius 2 is 2.19 bits per heavy atom. The first-order chi connectivity index (χ1) is 10.0. The van der Waals surface area contributed by atoms with Gasteiger partial charge in [0.05, 0.1) is 6.61 Å². The van der Waals surface area contributed by atoms with Crippen LogP contribution in [0.1, 0.15) is 13.8 Å². The molecule has 0 aliphatic heterocycles. The predicted octanol–water partition coefficient (Wildman–Crippen LogP) is 1.46. The molecule has 2 aromatic rings. The predicted molar refractivity (Wildman–Crippen MR) is 76.2 cm³/mol. The molecule has 2 aromatic heterocycles. The lowest BCUT2D eigenvalue weighted by Gasteiger charge is -2.12. The van der Waals surface area contributed by atoms with Crippen molar-refractivity contribution in [3.05, 3.63) is 23.4 Å². The van der Waals surface area contributed by atoms with E-state index in [1.54, 1.807) is 25.1 Å². The second-order valence-corrected chi connectivity index (χ2v) is 4.53. The topological polar surface area (TPSA) is 97.6 Å². The summed E-state index contributed by atoms with van der Waals surface area (Å²) in [6.07, 6.45) is 0. The first kappa shape index (κ1) is 15.0. The number of carbonyl (C=O) groups excluding carboxylic acids is 2. The lowest BCUT2D eigenvalue weighted by molar-refractivity contribution is -0.144. The highest BCUT2D eigenvalue weighted by molar-refractivity contribution is 6.29. The molecule has 8 nitrogen and oxygen atoms in total. The summed E-state index contributed by atoms with van der Waals surface area (Å²) in [6, 6.07) is 3.68. The Morgan fingerprint density at radius 3 is 2.90 bits per heavy atom. The summed E-state index contributed by atoms with van der Waals surface area (Å²) in [5, 5.41) is 13.0. The van der Waals surface area contributed by atoms with Crippen LogP contribution in [0, 0.1) is 0 Å². The van der Waals surface area contributed by atoms with E-state index < -0.39 is 18.0 Å². The smallest absolute Gasteiger partial charge is 0.328 e. The standard InChI is InChI=1S/C12H14ClN5O3/c1-3-21-10(19)7(2)14-12(20)15-11-17-16-9-6-4-5-8(13)18(9)11/h4-7H,3H2,1-2H3,(H2,14,15,17,20). The van der Waals surface area contributed by atoms with Crippen LogP contribution in [0.2, 0.25) is 5.15 Å². The molecule has 0 spiro atoms. The Morgan fingerprint density at radius 1 is 1.43 bits per heavy atom. The largest absolute Gasteiger partial charge is 0.464 e. The number of amides is 2. The molecule has 2 N–H and O–H groups in total. The number of carbonyl (C=O) groups is 2. The number of anilines is 1. The minimum absolute atomic E-state index is 0.157. The summed E-state index contributed by atoms with van der Waals surface area (Å²) in [6.45, 7) is 3.46. The fraction of sp³-hybridized carbons (Fsp3) is 0.333. The molecular formula is C12H14ClN5O3. The van der Waals surface area contributed by atoms with Gasteiger partial charge in [0.15, 0.2) is 5.65 Å². The summed E-state index contributed by atoms with van der Waals surface area (Å²) >= 11 is 6.02. The molecule has 0 radical (unpaired) electrons. The van der Waals surface area contributed by atoms with Gasteiger partial charge in [0.1, 0.15) is 11.2 Å². The average molecular weight is 312 g/mol. The maximum Gasteiger partial charge on any atom is 0.328 e. The number of hydrogen-bond donors (Lipinski definition) is 2. The fourth-order valence-electron chi connectivity index (χ4n) is 1.64. The van der Waals surface area contributed by atoms with Crippen LogP contribution in [0.4, 0.5) is 10.7 Å². The summed E-state index contributed by atoms with van der Waals surface area (Å²) in [7, 11) is 0. The van der Waals surface area contributed by atoms with Crippen LogP contribution >= 0.6 is 11.6 Å². The molecule has 0 saturated carbocycles. The second kappa shape index (κ2) is 6.40. The van der Waals surface area contributed by atoms with Crippen molar-refractivity contribution in [3.63, 3.8) is 0 Å². The van der Waals surface area contributed by atoms with Crippen LogP contribution in [-0.2, 0) is 9.53 Å². The Bertz CT molecular complexity index is 672. The number of ether oxygens (including phenoxy) is 1. The number of aromatic nitrogens is 3. The summed E-state index contributed by atoms with van der Waals surface area (Å²) in [5.74, 6) is -0.360. The zero-order valence-electron chi connectivity index (χ0n) is 11.5. The third-order valence-corrected chi connectivity index (χ3v) is 2.89. The molecule has 9 heteroatoms. The van der Waals surface area contributed by atoms with E-state index in [0.29, 0.717) is 10.8 Å². The number of esters is 1. The molecule has 0 saturated heterocycles. The van der Waals surface area contributed by atoms with Gasteiger partial charge in [0.2, 0.25) is 5.95 Å². The minimum atomic E-state index is -0.778. The molecule has 112 valence electrons. The SMILES string of the molecule is CCOC(=O)C(C)NC(=O)Nc1nnc2cccc(Cl)n12. The molecule has 0 aliphatic carbocycles. The van der Waals surface area contributed by atoms with E-state index >= 15 is 0 Å². The molecule has 2 rings (SSSR count). The molecule has 1 unspecified atom stereocenters. The third-order valence-electron chi connectivity index (χ3n) is 2.59. The van der Waals surface area contributed by atoms with Crippen molar-refractivity contribution in [2.75, 3.05) is 11.9 Å². The Labute approximate surface area is 125 Å². The number of hydrogen-bond acceptors (Lipinski definition) is 5. The maximum atomic E-state index is 11.8. The summed E-state index contributed by atoms with van der Waals surface area (Å²) in [4.78, 5) is 23.3. The number of nitrogens with one attached hydrogen (secondary N) is 2. The van der Waals surface area contributed by atoms with E-state index in [0.717, 1.165) is 0 Å². The van der Waals surface area contributed by atoms with Gasteiger partial charge in [0.25, 0.3) is 0 Å². The first-order valence-corrected chi connectivity index (χ1v) is 6.64. The second-order valence-electron chi connectivity index (χ2n) is 4.14. The van der Waals surface area contributed by atoms with Gasteiger partial charge in [-0.2, -0.15) is 0 Å². The van der Waals surface area contributed by atoms with E-state index in [9.17, 15) is 9.59 Å². The van der Waals surface area contributed by atoms with Crippen molar-refractivity contribution >= 4 is 35.2 Å². The molecule has 0 aliphatic rings. The van der Waals surface area contributed by atoms with E-state index in [1.807, 2.05) is 0 Å². The number of urea groups is 1. The number of rotatable bonds is 4. The third kappa shape index (κ3) is 3.40. The zero-order valence-corrected chi connectivity index (χ0v) is 12.2. The van der Waals surface area contributed by atoms with Gasteiger partial charge in [-0.25, -0.2) is 9.59 Å². The molecule has 0 aromatic carbocycles. The average Bonchev–Trinajstić information content (AvgIpc) is 2.83. The van der Waals surface area contributed by atoms with E-state index in [4.69, 9.17) is 16.3 Å². The summed E-state index contributed by atoms with van der Waals surface area (Å²) in [5.41, 5.74) is 0.497.